The van der Waals surface area contributed by atoms with Crippen LogP contribution in [0.4, 0.5) is 5.69 Å². The van der Waals surface area contributed by atoms with E-state index < -0.39 is 0 Å². The molecule has 1 N–H and O–H groups in total. The molecule has 0 aliphatic rings. The number of carbonyl (C=O) groups is 1. The van der Waals surface area contributed by atoms with E-state index >= 15 is 0 Å². The van der Waals surface area contributed by atoms with Crippen molar-refractivity contribution in [1.82, 2.24) is 14.8 Å². The van der Waals surface area contributed by atoms with Gasteiger partial charge in [-0.1, -0.05) is 55.0 Å². The van der Waals surface area contributed by atoms with Crippen molar-refractivity contribution in [3.8, 4) is 0 Å². The number of amides is 1. The maximum absolute atomic E-state index is 13.2. The van der Waals surface area contributed by atoms with Gasteiger partial charge in [-0.2, -0.15) is 5.10 Å². The zero-order chi connectivity index (χ0) is 21.3. The molecule has 2 aromatic heterocycles. The molecule has 0 saturated carbocycles. The standard InChI is InChI=1S/C25H26N4O/c1-5-20-8-6-7-17(3)23(20)28-25(30)21-13-18(4)27-24-22(21)14-26-29(24)15-19-11-9-16(2)10-12-19/h6-14H,5,15H2,1-4H3,(H,28,30). The van der Waals surface area contributed by atoms with Gasteiger partial charge in [-0.25, -0.2) is 9.67 Å². The maximum atomic E-state index is 13.2. The van der Waals surface area contributed by atoms with Gasteiger partial charge in [-0.15, -0.1) is 0 Å². The van der Waals surface area contributed by atoms with Gasteiger partial charge in [0.05, 0.1) is 23.7 Å². The van der Waals surface area contributed by atoms with Gasteiger partial charge >= 0.3 is 0 Å². The van der Waals surface area contributed by atoms with Gasteiger partial charge in [-0.05, 0) is 49.9 Å². The average molecular weight is 399 g/mol. The number of hydrogen-bond donors (Lipinski definition) is 1. The van der Waals surface area contributed by atoms with Crippen molar-refractivity contribution in [1.29, 1.82) is 0 Å². The molecular formula is C25H26N4O. The number of fused-ring (bicyclic) bond motifs is 1. The van der Waals surface area contributed by atoms with Crippen LogP contribution in [0.2, 0.25) is 0 Å². The molecule has 4 aromatic rings. The van der Waals surface area contributed by atoms with Gasteiger partial charge in [0.2, 0.25) is 0 Å². The quantitative estimate of drug-likeness (QED) is 0.501. The van der Waals surface area contributed by atoms with Crippen molar-refractivity contribution in [2.24, 2.45) is 0 Å². The lowest BCUT2D eigenvalue weighted by atomic mass is 10.0. The van der Waals surface area contributed by atoms with Crippen molar-refractivity contribution in [2.45, 2.75) is 40.7 Å². The summed E-state index contributed by atoms with van der Waals surface area (Å²) in [5, 5.41) is 8.42. The zero-order valence-corrected chi connectivity index (χ0v) is 17.9. The molecule has 2 heterocycles. The molecule has 0 aliphatic heterocycles. The Hall–Kier alpha value is -3.47. The Bertz CT molecular complexity index is 1220. The molecule has 0 unspecified atom stereocenters. The molecule has 0 saturated heterocycles. The summed E-state index contributed by atoms with van der Waals surface area (Å²) in [4.78, 5) is 17.9. The number of pyridine rings is 1. The lowest BCUT2D eigenvalue weighted by Crippen LogP contribution is -2.15. The summed E-state index contributed by atoms with van der Waals surface area (Å²) in [5.74, 6) is -0.135. The van der Waals surface area contributed by atoms with E-state index in [-0.39, 0.29) is 5.91 Å². The van der Waals surface area contributed by atoms with Gasteiger partial charge < -0.3 is 5.32 Å². The molecule has 5 heteroatoms. The lowest BCUT2D eigenvalue weighted by Gasteiger charge is -2.14. The van der Waals surface area contributed by atoms with E-state index in [0.29, 0.717) is 12.1 Å². The fourth-order valence-electron chi connectivity index (χ4n) is 3.73. The Kier molecular flexibility index (Phi) is 5.36. The predicted octanol–water partition coefficient (Wildman–Crippen LogP) is 5.22. The average Bonchev–Trinajstić information content (AvgIpc) is 3.13. The Labute approximate surface area is 176 Å². The molecule has 0 radical (unpaired) electrons. The van der Waals surface area contributed by atoms with Gasteiger partial charge in [0.15, 0.2) is 5.65 Å². The van der Waals surface area contributed by atoms with Crippen molar-refractivity contribution in [3.63, 3.8) is 0 Å². The van der Waals surface area contributed by atoms with E-state index in [2.05, 4.69) is 59.6 Å². The van der Waals surface area contributed by atoms with E-state index in [1.165, 1.54) is 5.56 Å². The topological polar surface area (TPSA) is 59.8 Å². The number of anilines is 1. The Morgan fingerprint density at radius 2 is 1.83 bits per heavy atom. The summed E-state index contributed by atoms with van der Waals surface area (Å²) in [6, 6.07) is 16.3. The monoisotopic (exact) mass is 398 g/mol. The summed E-state index contributed by atoms with van der Waals surface area (Å²) in [6.45, 7) is 8.70. The highest BCUT2D eigenvalue weighted by molar-refractivity contribution is 6.12. The van der Waals surface area contributed by atoms with E-state index in [1.54, 1.807) is 6.20 Å². The summed E-state index contributed by atoms with van der Waals surface area (Å²) < 4.78 is 1.86. The second-order valence-corrected chi connectivity index (χ2v) is 7.75. The van der Waals surface area contributed by atoms with E-state index in [9.17, 15) is 4.79 Å². The highest BCUT2D eigenvalue weighted by Crippen LogP contribution is 2.24. The first-order chi connectivity index (χ1) is 14.5. The van der Waals surface area contributed by atoms with Crippen molar-refractivity contribution in [2.75, 3.05) is 5.32 Å². The van der Waals surface area contributed by atoms with Crippen LogP contribution in [0.25, 0.3) is 11.0 Å². The van der Waals surface area contributed by atoms with Crippen LogP contribution in [0.1, 0.15) is 45.2 Å². The molecule has 5 nitrogen and oxygen atoms in total. The van der Waals surface area contributed by atoms with Crippen LogP contribution >= 0.6 is 0 Å². The molecule has 0 spiro atoms. The summed E-state index contributed by atoms with van der Waals surface area (Å²) in [6.07, 6.45) is 2.60. The van der Waals surface area contributed by atoms with Crippen molar-refractivity contribution >= 4 is 22.6 Å². The van der Waals surface area contributed by atoms with Gasteiger partial charge in [-0.3, -0.25) is 4.79 Å². The summed E-state index contributed by atoms with van der Waals surface area (Å²) >= 11 is 0. The Morgan fingerprint density at radius 3 is 2.57 bits per heavy atom. The number of nitrogens with zero attached hydrogens (tertiary/aromatic N) is 3. The predicted molar refractivity (Wildman–Crippen MR) is 121 cm³/mol. The minimum absolute atomic E-state index is 0.135. The van der Waals surface area contributed by atoms with Crippen molar-refractivity contribution in [3.05, 3.63) is 88.2 Å². The molecule has 0 bridgehead atoms. The van der Waals surface area contributed by atoms with Crippen LogP contribution in [-0.2, 0) is 13.0 Å². The van der Waals surface area contributed by atoms with E-state index in [1.807, 2.05) is 36.7 Å². The largest absolute Gasteiger partial charge is 0.321 e. The number of carbonyl (C=O) groups excluding carboxylic acids is 1. The normalized spacial score (nSPS) is 11.1. The Balaban J connectivity index is 1.71. The zero-order valence-electron chi connectivity index (χ0n) is 17.9. The first-order valence-corrected chi connectivity index (χ1v) is 10.2. The number of benzene rings is 2. The first-order valence-electron chi connectivity index (χ1n) is 10.2. The third-order valence-electron chi connectivity index (χ3n) is 5.41. The lowest BCUT2D eigenvalue weighted by molar-refractivity contribution is 0.102. The summed E-state index contributed by atoms with van der Waals surface area (Å²) in [5.41, 5.74) is 7.55. The molecule has 0 fully saturated rings. The van der Waals surface area contributed by atoms with Crippen LogP contribution in [0.5, 0.6) is 0 Å². The SMILES string of the molecule is CCc1cccc(C)c1NC(=O)c1cc(C)nc2c1cnn2Cc1ccc(C)cc1. The van der Waals surface area contributed by atoms with Gasteiger partial charge in [0.25, 0.3) is 5.91 Å². The molecule has 0 aliphatic carbocycles. The number of hydrogen-bond acceptors (Lipinski definition) is 3. The van der Waals surface area contributed by atoms with Crippen LogP contribution in [0.15, 0.2) is 54.7 Å². The van der Waals surface area contributed by atoms with Gasteiger partial charge in [0, 0.05) is 11.4 Å². The van der Waals surface area contributed by atoms with Gasteiger partial charge in [0.1, 0.15) is 0 Å². The smallest absolute Gasteiger partial charge is 0.256 e. The molecule has 30 heavy (non-hydrogen) atoms. The van der Waals surface area contributed by atoms with Crippen molar-refractivity contribution < 1.29 is 4.79 Å². The molecule has 4 rings (SSSR count). The number of rotatable bonds is 5. The van der Waals surface area contributed by atoms with Crippen LogP contribution in [-0.4, -0.2) is 20.7 Å². The number of aromatic nitrogens is 3. The third kappa shape index (κ3) is 3.83. The fourth-order valence-corrected chi connectivity index (χ4v) is 3.73. The minimum Gasteiger partial charge on any atom is -0.321 e. The fraction of sp³-hybridized carbons (Fsp3) is 0.240. The molecular weight excluding hydrogens is 372 g/mol. The number of aryl methyl sites for hydroxylation is 4. The maximum Gasteiger partial charge on any atom is 0.256 e. The first kappa shape index (κ1) is 19.8. The molecule has 152 valence electrons. The number of para-hydroxylation sites is 1. The highest BCUT2D eigenvalue weighted by atomic mass is 16.1. The second-order valence-electron chi connectivity index (χ2n) is 7.75. The molecule has 2 aromatic carbocycles. The second kappa shape index (κ2) is 8.11. The number of nitrogens with one attached hydrogen (secondary N) is 1. The van der Waals surface area contributed by atoms with E-state index in [4.69, 9.17) is 0 Å². The highest BCUT2D eigenvalue weighted by Gasteiger charge is 2.17. The molecule has 1 amide bonds. The van der Waals surface area contributed by atoms with Crippen LogP contribution in [0, 0.1) is 20.8 Å². The minimum atomic E-state index is -0.135. The van der Waals surface area contributed by atoms with E-state index in [0.717, 1.165) is 45.5 Å². The van der Waals surface area contributed by atoms with Crippen LogP contribution < -0.4 is 5.32 Å². The van der Waals surface area contributed by atoms with Crippen LogP contribution in [0.3, 0.4) is 0 Å². The third-order valence-corrected chi connectivity index (χ3v) is 5.41. The molecule has 0 atom stereocenters. The summed E-state index contributed by atoms with van der Waals surface area (Å²) in [7, 11) is 0. The Morgan fingerprint density at radius 1 is 1.07 bits per heavy atom.